The SMILES string of the molecule is CC(=O)c1cc(-c2ccc(C)cc2)ccc1O. The van der Waals surface area contributed by atoms with Crippen molar-refractivity contribution in [1.82, 2.24) is 0 Å². The van der Waals surface area contributed by atoms with Gasteiger partial charge in [-0.05, 0) is 37.1 Å². The molecule has 0 saturated heterocycles. The highest BCUT2D eigenvalue weighted by Gasteiger charge is 2.08. The smallest absolute Gasteiger partial charge is 0.163 e. The van der Waals surface area contributed by atoms with Gasteiger partial charge in [-0.2, -0.15) is 0 Å². The Kier molecular flexibility index (Phi) is 2.96. The van der Waals surface area contributed by atoms with Crippen LogP contribution in [0.4, 0.5) is 0 Å². The molecule has 2 aromatic carbocycles. The van der Waals surface area contributed by atoms with E-state index >= 15 is 0 Å². The van der Waals surface area contributed by atoms with E-state index in [9.17, 15) is 9.90 Å². The van der Waals surface area contributed by atoms with Crippen LogP contribution in [0.5, 0.6) is 5.75 Å². The second-order valence-electron chi connectivity index (χ2n) is 4.15. The van der Waals surface area contributed by atoms with Gasteiger partial charge in [0.25, 0.3) is 0 Å². The van der Waals surface area contributed by atoms with Crippen LogP contribution in [0.3, 0.4) is 0 Å². The Bertz CT molecular complexity index is 554. The van der Waals surface area contributed by atoms with Crippen molar-refractivity contribution in [3.05, 3.63) is 53.6 Å². The van der Waals surface area contributed by atoms with Crippen molar-refractivity contribution in [3.8, 4) is 16.9 Å². The molecule has 0 heterocycles. The third kappa shape index (κ3) is 2.36. The van der Waals surface area contributed by atoms with Gasteiger partial charge in [0.15, 0.2) is 5.78 Å². The Morgan fingerprint density at radius 1 is 1.00 bits per heavy atom. The molecule has 17 heavy (non-hydrogen) atoms. The van der Waals surface area contributed by atoms with E-state index in [-0.39, 0.29) is 11.5 Å². The lowest BCUT2D eigenvalue weighted by Crippen LogP contribution is -1.93. The number of ketones is 1. The molecule has 2 rings (SSSR count). The van der Waals surface area contributed by atoms with Gasteiger partial charge >= 0.3 is 0 Å². The van der Waals surface area contributed by atoms with Crippen LogP contribution < -0.4 is 0 Å². The van der Waals surface area contributed by atoms with E-state index < -0.39 is 0 Å². The van der Waals surface area contributed by atoms with Gasteiger partial charge < -0.3 is 5.11 Å². The van der Waals surface area contributed by atoms with Crippen LogP contribution in [0.1, 0.15) is 22.8 Å². The molecule has 2 nitrogen and oxygen atoms in total. The lowest BCUT2D eigenvalue weighted by molar-refractivity contribution is 0.101. The highest BCUT2D eigenvalue weighted by molar-refractivity contribution is 5.98. The molecule has 0 fully saturated rings. The van der Waals surface area contributed by atoms with Crippen molar-refractivity contribution < 1.29 is 9.90 Å². The van der Waals surface area contributed by atoms with E-state index in [0.29, 0.717) is 5.56 Å². The minimum absolute atomic E-state index is 0.0355. The molecule has 0 amide bonds. The fourth-order valence-electron chi connectivity index (χ4n) is 1.74. The molecule has 0 bridgehead atoms. The number of aryl methyl sites for hydroxylation is 1. The second kappa shape index (κ2) is 4.42. The van der Waals surface area contributed by atoms with Gasteiger partial charge in [-0.3, -0.25) is 4.79 Å². The predicted octanol–water partition coefficient (Wildman–Crippen LogP) is 3.57. The molecule has 0 aliphatic rings. The zero-order valence-corrected chi connectivity index (χ0v) is 9.90. The van der Waals surface area contributed by atoms with Crippen molar-refractivity contribution in [3.63, 3.8) is 0 Å². The Hall–Kier alpha value is -2.09. The van der Waals surface area contributed by atoms with E-state index in [4.69, 9.17) is 0 Å². The molecular weight excluding hydrogens is 212 g/mol. The maximum atomic E-state index is 11.3. The van der Waals surface area contributed by atoms with Crippen molar-refractivity contribution in [1.29, 1.82) is 0 Å². The highest BCUT2D eigenvalue weighted by atomic mass is 16.3. The van der Waals surface area contributed by atoms with Crippen LogP contribution in [0.25, 0.3) is 11.1 Å². The normalized spacial score (nSPS) is 10.2. The fourth-order valence-corrected chi connectivity index (χ4v) is 1.74. The minimum atomic E-state index is -0.128. The number of phenols is 1. The summed E-state index contributed by atoms with van der Waals surface area (Å²) >= 11 is 0. The number of rotatable bonds is 2. The van der Waals surface area contributed by atoms with Gasteiger partial charge in [-0.1, -0.05) is 35.9 Å². The van der Waals surface area contributed by atoms with Crippen molar-refractivity contribution in [2.75, 3.05) is 0 Å². The van der Waals surface area contributed by atoms with E-state index in [1.165, 1.54) is 12.5 Å². The van der Waals surface area contributed by atoms with E-state index in [0.717, 1.165) is 11.1 Å². The molecular formula is C15H14O2. The lowest BCUT2D eigenvalue weighted by atomic mass is 10.00. The number of carbonyl (C=O) groups is 1. The quantitative estimate of drug-likeness (QED) is 0.795. The van der Waals surface area contributed by atoms with E-state index in [1.807, 2.05) is 37.3 Å². The average Bonchev–Trinajstić information content (AvgIpc) is 2.30. The van der Waals surface area contributed by atoms with E-state index in [1.54, 1.807) is 12.1 Å². The van der Waals surface area contributed by atoms with Gasteiger partial charge in [0.05, 0.1) is 5.56 Å². The summed E-state index contributed by atoms with van der Waals surface area (Å²) in [5.74, 6) is -0.0928. The zero-order valence-electron chi connectivity index (χ0n) is 9.90. The molecule has 0 atom stereocenters. The second-order valence-corrected chi connectivity index (χ2v) is 4.15. The summed E-state index contributed by atoms with van der Waals surface area (Å²) < 4.78 is 0. The average molecular weight is 226 g/mol. The van der Waals surface area contributed by atoms with Gasteiger partial charge in [0, 0.05) is 0 Å². The van der Waals surface area contributed by atoms with Crippen molar-refractivity contribution in [2.24, 2.45) is 0 Å². The highest BCUT2D eigenvalue weighted by Crippen LogP contribution is 2.26. The lowest BCUT2D eigenvalue weighted by Gasteiger charge is -2.06. The molecule has 2 aromatic rings. The van der Waals surface area contributed by atoms with Crippen molar-refractivity contribution >= 4 is 5.78 Å². The predicted molar refractivity (Wildman–Crippen MR) is 68.3 cm³/mol. The number of Topliss-reactive ketones (excluding diaryl/α,β-unsaturated/α-hetero) is 1. The maximum Gasteiger partial charge on any atom is 0.163 e. The van der Waals surface area contributed by atoms with Gasteiger partial charge in [-0.15, -0.1) is 0 Å². The van der Waals surface area contributed by atoms with Crippen LogP contribution >= 0.6 is 0 Å². The van der Waals surface area contributed by atoms with Crippen LogP contribution in [-0.2, 0) is 0 Å². The number of hydrogen-bond acceptors (Lipinski definition) is 2. The monoisotopic (exact) mass is 226 g/mol. The number of benzene rings is 2. The Labute approximate surface area is 101 Å². The zero-order chi connectivity index (χ0) is 12.4. The van der Waals surface area contributed by atoms with E-state index in [2.05, 4.69) is 0 Å². The summed E-state index contributed by atoms with van der Waals surface area (Å²) in [6, 6.07) is 13.2. The summed E-state index contributed by atoms with van der Waals surface area (Å²) in [5.41, 5.74) is 3.54. The number of hydrogen-bond donors (Lipinski definition) is 1. The molecule has 0 aliphatic heterocycles. The Morgan fingerprint density at radius 3 is 2.18 bits per heavy atom. The van der Waals surface area contributed by atoms with Crippen LogP contribution in [-0.4, -0.2) is 10.9 Å². The molecule has 0 saturated carbocycles. The molecule has 0 aliphatic carbocycles. The summed E-state index contributed by atoms with van der Waals surface area (Å²) in [4.78, 5) is 11.3. The first kappa shape index (κ1) is 11.4. The first-order valence-corrected chi connectivity index (χ1v) is 5.49. The third-order valence-corrected chi connectivity index (χ3v) is 2.76. The van der Waals surface area contributed by atoms with Crippen molar-refractivity contribution in [2.45, 2.75) is 13.8 Å². The van der Waals surface area contributed by atoms with Gasteiger partial charge in [0.1, 0.15) is 5.75 Å². The van der Waals surface area contributed by atoms with Gasteiger partial charge in [0.2, 0.25) is 0 Å². The van der Waals surface area contributed by atoms with Crippen LogP contribution in [0.2, 0.25) is 0 Å². The first-order chi connectivity index (χ1) is 8.08. The van der Waals surface area contributed by atoms with Crippen LogP contribution in [0, 0.1) is 6.92 Å². The molecule has 0 aromatic heterocycles. The Balaban J connectivity index is 2.50. The summed E-state index contributed by atoms with van der Waals surface area (Å²) in [6.07, 6.45) is 0. The largest absolute Gasteiger partial charge is 0.507 e. The number of aromatic hydroxyl groups is 1. The summed E-state index contributed by atoms with van der Waals surface area (Å²) in [5, 5.41) is 9.58. The number of phenolic OH excluding ortho intramolecular Hbond substituents is 1. The van der Waals surface area contributed by atoms with Gasteiger partial charge in [-0.25, -0.2) is 0 Å². The molecule has 86 valence electrons. The summed E-state index contributed by atoms with van der Waals surface area (Å²) in [6.45, 7) is 3.48. The Morgan fingerprint density at radius 2 is 1.59 bits per heavy atom. The first-order valence-electron chi connectivity index (χ1n) is 5.49. The van der Waals surface area contributed by atoms with Crippen LogP contribution in [0.15, 0.2) is 42.5 Å². The summed E-state index contributed by atoms with van der Waals surface area (Å²) in [7, 11) is 0. The molecule has 2 heteroatoms. The molecule has 0 spiro atoms. The fraction of sp³-hybridized carbons (Fsp3) is 0.133. The topological polar surface area (TPSA) is 37.3 Å². The number of carbonyl (C=O) groups excluding carboxylic acids is 1. The molecule has 1 N–H and O–H groups in total. The molecule has 0 unspecified atom stereocenters. The minimum Gasteiger partial charge on any atom is -0.507 e. The standard InChI is InChI=1S/C15H14O2/c1-10-3-5-12(6-4-10)13-7-8-15(17)14(9-13)11(2)16/h3-9,17H,1-2H3. The maximum absolute atomic E-state index is 11.3. The third-order valence-electron chi connectivity index (χ3n) is 2.76. The molecule has 0 radical (unpaired) electrons.